The monoisotopic (exact) mass is 341 g/mol. The van der Waals surface area contributed by atoms with E-state index in [0.717, 1.165) is 36.9 Å². The van der Waals surface area contributed by atoms with Crippen LogP contribution < -0.4 is 0 Å². The second-order valence-corrected chi connectivity index (χ2v) is 5.87. The number of hydrogen-bond acceptors (Lipinski definition) is 4. The summed E-state index contributed by atoms with van der Waals surface area (Å²) < 4.78 is 10.9. The summed E-state index contributed by atoms with van der Waals surface area (Å²) in [5, 5.41) is 0. The molecule has 0 atom stereocenters. The van der Waals surface area contributed by atoms with E-state index in [9.17, 15) is 4.79 Å². The van der Waals surface area contributed by atoms with Crippen LogP contribution in [0.25, 0.3) is 0 Å². The molecule has 0 aliphatic carbocycles. The fraction of sp³-hybridized carbons (Fsp3) is 0.533. The van der Waals surface area contributed by atoms with E-state index in [-0.39, 0.29) is 5.97 Å². The molecule has 0 unspecified atom stereocenters. The number of esters is 1. The van der Waals surface area contributed by atoms with E-state index < -0.39 is 0 Å². The van der Waals surface area contributed by atoms with Gasteiger partial charge in [-0.15, -0.1) is 0 Å². The van der Waals surface area contributed by atoms with Gasteiger partial charge in [0.1, 0.15) is 0 Å². The molecule has 0 radical (unpaired) electrons. The van der Waals surface area contributed by atoms with Gasteiger partial charge in [-0.05, 0) is 46.5 Å². The van der Waals surface area contributed by atoms with E-state index in [1.54, 1.807) is 7.11 Å². The van der Waals surface area contributed by atoms with Gasteiger partial charge in [-0.1, -0.05) is 6.07 Å². The van der Waals surface area contributed by atoms with Gasteiger partial charge in [-0.25, -0.2) is 4.79 Å². The van der Waals surface area contributed by atoms with Crippen LogP contribution in [-0.4, -0.2) is 44.3 Å². The minimum absolute atomic E-state index is 0.315. The van der Waals surface area contributed by atoms with Crippen molar-refractivity contribution in [2.75, 3.05) is 27.3 Å². The first-order valence-electron chi connectivity index (χ1n) is 6.76. The first-order valence-corrected chi connectivity index (χ1v) is 7.55. The predicted molar refractivity (Wildman–Crippen MR) is 80.8 cm³/mol. The molecule has 110 valence electrons. The van der Waals surface area contributed by atoms with E-state index in [1.165, 1.54) is 12.7 Å². The van der Waals surface area contributed by atoms with E-state index in [2.05, 4.69) is 20.8 Å². The molecule has 1 saturated heterocycles. The molecule has 0 amide bonds. The Morgan fingerprint density at radius 3 is 2.60 bits per heavy atom. The summed E-state index contributed by atoms with van der Waals surface area (Å²) in [7, 11) is 3.17. The molecule has 1 fully saturated rings. The lowest BCUT2D eigenvalue weighted by atomic mass is 10.1. The molecular formula is C15H20BrNO3. The number of benzene rings is 1. The highest BCUT2D eigenvalue weighted by Crippen LogP contribution is 2.22. The summed E-state index contributed by atoms with van der Waals surface area (Å²) in [5.41, 5.74) is 1.76. The molecule has 1 aliphatic heterocycles. The van der Waals surface area contributed by atoms with Crippen molar-refractivity contribution in [2.24, 2.45) is 0 Å². The lowest BCUT2D eigenvalue weighted by Crippen LogP contribution is -2.36. The first kappa shape index (κ1) is 15.5. The Morgan fingerprint density at radius 2 is 2.05 bits per heavy atom. The maximum Gasteiger partial charge on any atom is 0.338 e. The zero-order valence-electron chi connectivity index (χ0n) is 11.9. The second kappa shape index (κ2) is 7.20. The van der Waals surface area contributed by atoms with Crippen LogP contribution in [0, 0.1) is 0 Å². The van der Waals surface area contributed by atoms with Crippen LogP contribution in [0.15, 0.2) is 22.7 Å². The fourth-order valence-electron chi connectivity index (χ4n) is 2.49. The van der Waals surface area contributed by atoms with Gasteiger partial charge in [0.15, 0.2) is 0 Å². The topological polar surface area (TPSA) is 38.8 Å². The second-order valence-electron chi connectivity index (χ2n) is 5.02. The zero-order chi connectivity index (χ0) is 14.5. The number of carbonyl (C=O) groups is 1. The van der Waals surface area contributed by atoms with Crippen LogP contribution in [0.5, 0.6) is 0 Å². The van der Waals surface area contributed by atoms with Crippen molar-refractivity contribution < 1.29 is 14.3 Å². The Kier molecular flexibility index (Phi) is 5.57. The van der Waals surface area contributed by atoms with Gasteiger partial charge >= 0.3 is 5.97 Å². The number of halogens is 1. The van der Waals surface area contributed by atoms with Gasteiger partial charge in [0, 0.05) is 31.2 Å². The van der Waals surface area contributed by atoms with E-state index in [4.69, 9.17) is 9.47 Å². The highest BCUT2D eigenvalue weighted by atomic mass is 79.9. The van der Waals surface area contributed by atoms with Crippen molar-refractivity contribution in [3.05, 3.63) is 33.8 Å². The average Bonchev–Trinajstić information content (AvgIpc) is 2.47. The number of likely N-dealkylation sites (tertiary alicyclic amines) is 1. The summed E-state index contributed by atoms with van der Waals surface area (Å²) in [4.78, 5) is 13.9. The highest BCUT2D eigenvalue weighted by molar-refractivity contribution is 9.10. The highest BCUT2D eigenvalue weighted by Gasteiger charge is 2.19. The van der Waals surface area contributed by atoms with E-state index >= 15 is 0 Å². The number of methoxy groups -OCH3 is 2. The fourth-order valence-corrected chi connectivity index (χ4v) is 3.08. The Bertz CT molecular complexity index is 470. The molecule has 1 aromatic carbocycles. The van der Waals surface area contributed by atoms with Crippen molar-refractivity contribution in [1.29, 1.82) is 0 Å². The van der Waals surface area contributed by atoms with Crippen LogP contribution in [-0.2, 0) is 16.0 Å². The SMILES string of the molecule is COC(=O)c1ccc(CN2CCC(OC)CC2)cc1Br. The Labute approximate surface area is 128 Å². The standard InChI is InChI=1S/C15H20BrNO3/c1-19-12-5-7-17(8-6-12)10-11-3-4-13(14(16)9-11)15(18)20-2/h3-4,9,12H,5-8,10H2,1-2H3. The molecule has 4 nitrogen and oxygen atoms in total. The Balaban J connectivity index is 1.97. The molecule has 1 aromatic rings. The molecular weight excluding hydrogens is 322 g/mol. The molecule has 5 heteroatoms. The van der Waals surface area contributed by atoms with Crippen LogP contribution >= 0.6 is 15.9 Å². The lowest BCUT2D eigenvalue weighted by molar-refractivity contribution is 0.0388. The van der Waals surface area contributed by atoms with E-state index in [0.29, 0.717) is 11.7 Å². The zero-order valence-corrected chi connectivity index (χ0v) is 13.5. The van der Waals surface area contributed by atoms with Crippen molar-refractivity contribution in [3.8, 4) is 0 Å². The van der Waals surface area contributed by atoms with Gasteiger partial charge in [-0.2, -0.15) is 0 Å². The van der Waals surface area contributed by atoms with Crippen LogP contribution in [0.4, 0.5) is 0 Å². The van der Waals surface area contributed by atoms with Gasteiger partial charge < -0.3 is 9.47 Å². The molecule has 0 saturated carbocycles. The third-order valence-electron chi connectivity index (χ3n) is 3.71. The van der Waals surface area contributed by atoms with Crippen LogP contribution in [0.2, 0.25) is 0 Å². The Hall–Kier alpha value is -0.910. The number of piperidine rings is 1. The van der Waals surface area contributed by atoms with Crippen molar-refractivity contribution >= 4 is 21.9 Å². The first-order chi connectivity index (χ1) is 9.63. The molecule has 0 N–H and O–H groups in total. The summed E-state index contributed by atoms with van der Waals surface area (Å²) in [6, 6.07) is 5.79. The molecule has 0 spiro atoms. The van der Waals surface area contributed by atoms with Crippen molar-refractivity contribution in [2.45, 2.75) is 25.5 Å². The summed E-state index contributed by atoms with van der Waals surface area (Å²) in [5.74, 6) is -0.315. The molecule has 2 rings (SSSR count). The third-order valence-corrected chi connectivity index (χ3v) is 4.37. The number of hydrogen-bond donors (Lipinski definition) is 0. The number of carbonyl (C=O) groups excluding carboxylic acids is 1. The Morgan fingerprint density at radius 1 is 1.35 bits per heavy atom. The van der Waals surface area contributed by atoms with Crippen LogP contribution in [0.1, 0.15) is 28.8 Å². The molecule has 0 aromatic heterocycles. The van der Waals surface area contributed by atoms with Crippen LogP contribution in [0.3, 0.4) is 0 Å². The molecule has 1 aliphatic rings. The summed E-state index contributed by atoms with van der Waals surface area (Å²) in [6.07, 6.45) is 2.57. The maximum absolute atomic E-state index is 11.5. The lowest BCUT2D eigenvalue weighted by Gasteiger charge is -2.31. The van der Waals surface area contributed by atoms with Gasteiger partial charge in [0.2, 0.25) is 0 Å². The minimum atomic E-state index is -0.315. The minimum Gasteiger partial charge on any atom is -0.465 e. The van der Waals surface area contributed by atoms with Crippen molar-refractivity contribution in [1.82, 2.24) is 4.90 Å². The van der Waals surface area contributed by atoms with Gasteiger partial charge in [0.05, 0.1) is 18.8 Å². The summed E-state index contributed by atoms with van der Waals surface area (Å²) >= 11 is 3.43. The molecule has 20 heavy (non-hydrogen) atoms. The number of ether oxygens (including phenoxy) is 2. The maximum atomic E-state index is 11.5. The number of nitrogens with zero attached hydrogens (tertiary/aromatic N) is 1. The normalized spacial score (nSPS) is 17.1. The van der Waals surface area contributed by atoms with E-state index in [1.807, 2.05) is 18.2 Å². The smallest absolute Gasteiger partial charge is 0.338 e. The van der Waals surface area contributed by atoms with Gasteiger partial charge in [0.25, 0.3) is 0 Å². The van der Waals surface area contributed by atoms with Crippen molar-refractivity contribution in [3.63, 3.8) is 0 Å². The average molecular weight is 342 g/mol. The predicted octanol–water partition coefficient (Wildman–Crippen LogP) is 2.85. The number of rotatable bonds is 4. The molecule has 1 heterocycles. The largest absolute Gasteiger partial charge is 0.465 e. The van der Waals surface area contributed by atoms with Gasteiger partial charge in [-0.3, -0.25) is 4.90 Å². The molecule has 0 bridgehead atoms. The quantitative estimate of drug-likeness (QED) is 0.789. The summed E-state index contributed by atoms with van der Waals surface area (Å²) in [6.45, 7) is 3.00. The third kappa shape index (κ3) is 3.81.